The Hall–Kier alpha value is -1.37. The summed E-state index contributed by atoms with van der Waals surface area (Å²) in [5.74, 6) is 0.707. The van der Waals surface area contributed by atoms with Crippen molar-refractivity contribution in [1.29, 1.82) is 0 Å². The van der Waals surface area contributed by atoms with Crippen LogP contribution in [0.3, 0.4) is 0 Å². The molecule has 0 aliphatic carbocycles. The van der Waals surface area contributed by atoms with Gasteiger partial charge in [0, 0.05) is 6.42 Å². The maximum atomic E-state index is 11.6. The maximum Gasteiger partial charge on any atom is 0.155 e. The Morgan fingerprint density at radius 3 is 2.61 bits per heavy atom. The Labute approximate surface area is 111 Å². The van der Waals surface area contributed by atoms with Crippen molar-refractivity contribution >= 4 is 5.78 Å². The first-order chi connectivity index (χ1) is 8.56. The van der Waals surface area contributed by atoms with Gasteiger partial charge >= 0.3 is 0 Å². The second-order valence-electron chi connectivity index (χ2n) is 5.01. The van der Waals surface area contributed by atoms with Gasteiger partial charge in [-0.05, 0) is 37.3 Å². The van der Waals surface area contributed by atoms with Crippen molar-refractivity contribution in [3.63, 3.8) is 0 Å². The predicted molar refractivity (Wildman–Crippen MR) is 77.7 cm³/mol. The Morgan fingerprint density at radius 2 is 2.06 bits per heavy atom. The number of hydrogen-bond acceptors (Lipinski definition) is 1. The number of hydrogen-bond donors (Lipinski definition) is 0. The van der Waals surface area contributed by atoms with E-state index in [1.165, 1.54) is 16.7 Å². The van der Waals surface area contributed by atoms with Crippen LogP contribution in [0.2, 0.25) is 0 Å². The van der Waals surface area contributed by atoms with Crippen LogP contribution in [0.15, 0.2) is 35.9 Å². The van der Waals surface area contributed by atoms with Gasteiger partial charge in [0.25, 0.3) is 0 Å². The van der Waals surface area contributed by atoms with Crippen molar-refractivity contribution < 1.29 is 4.79 Å². The van der Waals surface area contributed by atoms with Crippen molar-refractivity contribution in [2.24, 2.45) is 5.92 Å². The molecule has 0 aliphatic heterocycles. The fourth-order valence-corrected chi connectivity index (χ4v) is 2.00. The molecule has 98 valence electrons. The lowest BCUT2D eigenvalue weighted by Crippen LogP contribution is -2.05. The fraction of sp³-hybridized carbons (Fsp3) is 0.471. The summed E-state index contributed by atoms with van der Waals surface area (Å²) in [7, 11) is 0. The van der Waals surface area contributed by atoms with Crippen LogP contribution < -0.4 is 0 Å². The first kappa shape index (κ1) is 14.7. The summed E-state index contributed by atoms with van der Waals surface area (Å²) in [6, 6.07) is 8.53. The number of rotatable bonds is 6. The molecular formula is C17H24O. The van der Waals surface area contributed by atoms with Crippen LogP contribution in [0.25, 0.3) is 0 Å². The summed E-state index contributed by atoms with van der Waals surface area (Å²) in [5, 5.41) is 0. The van der Waals surface area contributed by atoms with Crippen LogP contribution >= 0.6 is 0 Å². The van der Waals surface area contributed by atoms with Gasteiger partial charge in [-0.1, -0.05) is 56.2 Å². The van der Waals surface area contributed by atoms with Gasteiger partial charge in [0.15, 0.2) is 5.78 Å². The molecule has 18 heavy (non-hydrogen) atoms. The van der Waals surface area contributed by atoms with Gasteiger partial charge < -0.3 is 0 Å². The molecule has 0 aliphatic rings. The lowest BCUT2D eigenvalue weighted by Gasteiger charge is -2.14. The molecule has 1 nitrogen and oxygen atoms in total. The molecule has 0 amide bonds. The number of allylic oxidation sites excluding steroid dienone is 2. The second-order valence-corrected chi connectivity index (χ2v) is 5.01. The predicted octanol–water partition coefficient (Wildman–Crippen LogP) is 4.49. The third-order valence-corrected chi connectivity index (χ3v) is 3.43. The van der Waals surface area contributed by atoms with Crippen LogP contribution in [0.4, 0.5) is 0 Å². The molecule has 1 aromatic rings. The quantitative estimate of drug-likeness (QED) is 0.674. The topological polar surface area (TPSA) is 17.1 Å². The highest BCUT2D eigenvalue weighted by Crippen LogP contribution is 2.20. The summed E-state index contributed by atoms with van der Waals surface area (Å²) in [4.78, 5) is 11.6. The van der Waals surface area contributed by atoms with Crippen LogP contribution in [0, 0.1) is 12.8 Å². The molecule has 0 saturated heterocycles. The van der Waals surface area contributed by atoms with Crippen molar-refractivity contribution in [3.8, 4) is 0 Å². The van der Waals surface area contributed by atoms with Crippen LogP contribution in [0.1, 0.15) is 44.7 Å². The van der Waals surface area contributed by atoms with E-state index < -0.39 is 0 Å². The van der Waals surface area contributed by atoms with E-state index in [4.69, 9.17) is 0 Å². The number of carbonyl (C=O) groups excluding carboxylic acids is 1. The molecule has 0 aromatic heterocycles. The van der Waals surface area contributed by atoms with E-state index in [-0.39, 0.29) is 5.78 Å². The average Bonchev–Trinajstić information content (AvgIpc) is 2.36. The number of ketones is 1. The van der Waals surface area contributed by atoms with E-state index in [0.29, 0.717) is 12.3 Å². The van der Waals surface area contributed by atoms with Gasteiger partial charge in [-0.2, -0.15) is 0 Å². The Morgan fingerprint density at radius 1 is 1.33 bits per heavy atom. The largest absolute Gasteiger partial charge is 0.295 e. The molecule has 0 bridgehead atoms. The highest BCUT2D eigenvalue weighted by molar-refractivity contribution is 5.90. The van der Waals surface area contributed by atoms with Gasteiger partial charge in [0.2, 0.25) is 0 Å². The van der Waals surface area contributed by atoms with E-state index in [9.17, 15) is 4.79 Å². The zero-order chi connectivity index (χ0) is 13.5. The van der Waals surface area contributed by atoms with Crippen molar-refractivity contribution in [3.05, 3.63) is 47.0 Å². The summed E-state index contributed by atoms with van der Waals surface area (Å²) < 4.78 is 0. The first-order valence-corrected chi connectivity index (χ1v) is 6.85. The highest BCUT2D eigenvalue weighted by atomic mass is 16.1. The van der Waals surface area contributed by atoms with E-state index in [0.717, 1.165) is 12.8 Å². The lowest BCUT2D eigenvalue weighted by molar-refractivity contribution is -0.114. The normalized spacial score (nSPS) is 13.4. The second kappa shape index (κ2) is 7.15. The van der Waals surface area contributed by atoms with Crippen LogP contribution in [-0.4, -0.2) is 5.78 Å². The molecule has 0 saturated carbocycles. The summed E-state index contributed by atoms with van der Waals surface area (Å²) in [6.45, 7) is 8.39. The van der Waals surface area contributed by atoms with E-state index in [1.807, 2.05) is 13.0 Å². The Kier molecular flexibility index (Phi) is 5.84. The van der Waals surface area contributed by atoms with Gasteiger partial charge in [-0.15, -0.1) is 0 Å². The molecule has 1 heteroatoms. The third-order valence-electron chi connectivity index (χ3n) is 3.43. The number of benzene rings is 1. The van der Waals surface area contributed by atoms with E-state index >= 15 is 0 Å². The third kappa shape index (κ3) is 4.48. The molecule has 1 aromatic carbocycles. The average molecular weight is 244 g/mol. The molecule has 1 atom stereocenters. The Bertz CT molecular complexity index is 429. The highest BCUT2D eigenvalue weighted by Gasteiger charge is 2.09. The molecule has 0 N–H and O–H groups in total. The fourth-order valence-electron chi connectivity index (χ4n) is 2.00. The molecule has 1 rings (SSSR count). The molecule has 0 radical (unpaired) electrons. The Balaban J connectivity index is 2.91. The van der Waals surface area contributed by atoms with Gasteiger partial charge in [-0.25, -0.2) is 0 Å². The monoisotopic (exact) mass is 244 g/mol. The SMILES string of the molecule is CCC(=O)/C=C(/Cc1cccc(C)c1)C(C)CC. The zero-order valence-corrected chi connectivity index (χ0v) is 12.0. The molecule has 0 heterocycles. The van der Waals surface area contributed by atoms with Gasteiger partial charge in [0.05, 0.1) is 0 Å². The smallest absolute Gasteiger partial charge is 0.155 e. The maximum absolute atomic E-state index is 11.6. The summed E-state index contributed by atoms with van der Waals surface area (Å²) >= 11 is 0. The molecule has 0 spiro atoms. The molecule has 0 fully saturated rings. The van der Waals surface area contributed by atoms with Crippen LogP contribution in [-0.2, 0) is 11.2 Å². The standard InChI is InChI=1S/C17H24O/c1-5-14(4)16(12-17(18)6-2)11-15-9-7-8-13(3)10-15/h7-10,12,14H,5-6,11H2,1-4H3/b16-12-. The number of carbonyl (C=O) groups is 1. The van der Waals surface area contributed by atoms with Gasteiger partial charge in [-0.3, -0.25) is 4.79 Å². The minimum absolute atomic E-state index is 0.234. The summed E-state index contributed by atoms with van der Waals surface area (Å²) in [5.41, 5.74) is 3.83. The lowest BCUT2D eigenvalue weighted by atomic mass is 9.91. The van der Waals surface area contributed by atoms with Crippen molar-refractivity contribution in [1.82, 2.24) is 0 Å². The molecular weight excluding hydrogens is 220 g/mol. The van der Waals surface area contributed by atoms with E-state index in [1.54, 1.807) is 0 Å². The minimum atomic E-state index is 0.234. The zero-order valence-electron chi connectivity index (χ0n) is 12.0. The first-order valence-electron chi connectivity index (χ1n) is 6.85. The van der Waals surface area contributed by atoms with Crippen LogP contribution in [0.5, 0.6) is 0 Å². The summed E-state index contributed by atoms with van der Waals surface area (Å²) in [6.07, 6.45) is 4.42. The van der Waals surface area contributed by atoms with Crippen molar-refractivity contribution in [2.75, 3.05) is 0 Å². The number of aryl methyl sites for hydroxylation is 1. The molecule has 1 unspecified atom stereocenters. The van der Waals surface area contributed by atoms with Gasteiger partial charge in [0.1, 0.15) is 0 Å². The minimum Gasteiger partial charge on any atom is -0.295 e. The van der Waals surface area contributed by atoms with E-state index in [2.05, 4.69) is 45.0 Å². The van der Waals surface area contributed by atoms with Crippen molar-refractivity contribution in [2.45, 2.75) is 47.0 Å².